The molecule has 0 aliphatic rings. The van der Waals surface area contributed by atoms with Crippen molar-refractivity contribution in [3.63, 3.8) is 0 Å². The number of benzene rings is 1. The third-order valence-electron chi connectivity index (χ3n) is 2.41. The third-order valence-corrected chi connectivity index (χ3v) is 3.74. The summed E-state index contributed by atoms with van der Waals surface area (Å²) in [5.41, 5.74) is 6.24. The lowest BCUT2D eigenvalue weighted by molar-refractivity contribution is 0.0396. The summed E-state index contributed by atoms with van der Waals surface area (Å²) in [6.45, 7) is 3.83. The van der Waals surface area contributed by atoms with Crippen molar-refractivity contribution in [1.82, 2.24) is 0 Å². The lowest BCUT2D eigenvalue weighted by Gasteiger charge is -2.07. The molecule has 1 aromatic carbocycles. The number of rotatable bonds is 10. The summed E-state index contributed by atoms with van der Waals surface area (Å²) in [5, 5.41) is 0. The highest BCUT2D eigenvalue weighted by Crippen LogP contribution is 2.12. The van der Waals surface area contributed by atoms with Crippen LogP contribution in [0.5, 0.6) is 0 Å². The molecular formula is C13H21NO5S. The van der Waals surface area contributed by atoms with Crippen LogP contribution >= 0.6 is 0 Å². The molecule has 0 saturated heterocycles. The van der Waals surface area contributed by atoms with E-state index in [9.17, 15) is 8.42 Å². The Kier molecular flexibility index (Phi) is 7.71. The van der Waals surface area contributed by atoms with Crippen LogP contribution in [0.1, 0.15) is 5.56 Å². The molecule has 0 aromatic heterocycles. The highest BCUT2D eigenvalue weighted by atomic mass is 32.2. The van der Waals surface area contributed by atoms with Crippen molar-refractivity contribution < 1.29 is 22.1 Å². The monoisotopic (exact) mass is 303 g/mol. The van der Waals surface area contributed by atoms with Gasteiger partial charge in [-0.15, -0.1) is 0 Å². The van der Waals surface area contributed by atoms with Crippen LogP contribution in [0.25, 0.3) is 0 Å². The van der Waals surface area contributed by atoms with Crippen LogP contribution in [0.3, 0.4) is 0 Å². The lowest BCUT2D eigenvalue weighted by atomic mass is 10.2. The number of ether oxygens (including phenoxy) is 2. The molecule has 0 fully saturated rings. The Bertz CT molecular complexity index is 472. The van der Waals surface area contributed by atoms with E-state index in [1.165, 1.54) is 12.1 Å². The van der Waals surface area contributed by atoms with Crippen molar-refractivity contribution in [3.8, 4) is 0 Å². The van der Waals surface area contributed by atoms with Gasteiger partial charge >= 0.3 is 0 Å². The summed E-state index contributed by atoms with van der Waals surface area (Å²) < 4.78 is 38.7. The molecule has 0 saturated carbocycles. The van der Waals surface area contributed by atoms with Gasteiger partial charge in [0, 0.05) is 6.54 Å². The maximum absolute atomic E-state index is 11.8. The van der Waals surface area contributed by atoms with Gasteiger partial charge in [0.2, 0.25) is 0 Å². The fourth-order valence-corrected chi connectivity index (χ4v) is 2.27. The first-order valence-electron chi connectivity index (χ1n) is 6.38. The second-order valence-electron chi connectivity index (χ2n) is 4.10. The van der Waals surface area contributed by atoms with E-state index >= 15 is 0 Å². The predicted octanol–water partition coefficient (Wildman–Crippen LogP) is 0.692. The van der Waals surface area contributed by atoms with E-state index in [2.05, 4.69) is 0 Å². The van der Waals surface area contributed by atoms with Gasteiger partial charge in [0.15, 0.2) is 0 Å². The molecule has 7 heteroatoms. The Labute approximate surface area is 120 Å². The lowest BCUT2D eigenvalue weighted by Crippen LogP contribution is -2.15. The SMILES string of the molecule is Cc1ccc(S(=O)(=O)OCCOCCOCCN)cc1. The maximum Gasteiger partial charge on any atom is 0.297 e. The Morgan fingerprint density at radius 1 is 0.950 bits per heavy atom. The van der Waals surface area contributed by atoms with Gasteiger partial charge in [-0.25, -0.2) is 0 Å². The molecule has 20 heavy (non-hydrogen) atoms. The molecule has 0 spiro atoms. The zero-order valence-electron chi connectivity index (χ0n) is 11.6. The first-order chi connectivity index (χ1) is 9.56. The molecule has 6 nitrogen and oxygen atoms in total. The smallest absolute Gasteiger partial charge is 0.297 e. The van der Waals surface area contributed by atoms with Crippen LogP contribution < -0.4 is 5.73 Å². The summed E-state index contributed by atoms with van der Waals surface area (Å²) in [6, 6.07) is 6.49. The second kappa shape index (κ2) is 9.04. The highest BCUT2D eigenvalue weighted by molar-refractivity contribution is 7.86. The summed E-state index contributed by atoms with van der Waals surface area (Å²) in [6.07, 6.45) is 0. The van der Waals surface area contributed by atoms with Crippen LogP contribution in [-0.4, -0.2) is 48.0 Å². The van der Waals surface area contributed by atoms with Crippen LogP contribution in [-0.2, 0) is 23.8 Å². The maximum atomic E-state index is 11.8. The average molecular weight is 303 g/mol. The number of nitrogens with two attached hydrogens (primary N) is 1. The first-order valence-corrected chi connectivity index (χ1v) is 7.79. The molecule has 0 aliphatic carbocycles. The molecule has 1 rings (SSSR count). The highest BCUT2D eigenvalue weighted by Gasteiger charge is 2.14. The van der Waals surface area contributed by atoms with Crippen molar-refractivity contribution >= 4 is 10.1 Å². The number of hydrogen-bond acceptors (Lipinski definition) is 6. The third kappa shape index (κ3) is 6.44. The minimum Gasteiger partial charge on any atom is -0.378 e. The van der Waals surface area contributed by atoms with E-state index in [4.69, 9.17) is 19.4 Å². The molecule has 0 amide bonds. The Morgan fingerprint density at radius 3 is 2.10 bits per heavy atom. The fraction of sp³-hybridized carbons (Fsp3) is 0.538. The van der Waals surface area contributed by atoms with Crippen LogP contribution in [0.15, 0.2) is 29.2 Å². The minimum atomic E-state index is -3.71. The van der Waals surface area contributed by atoms with Crippen molar-refractivity contribution in [2.75, 3.05) is 39.6 Å². The van der Waals surface area contributed by atoms with E-state index in [0.29, 0.717) is 26.4 Å². The first kappa shape index (κ1) is 17.1. The van der Waals surface area contributed by atoms with Crippen LogP contribution in [0, 0.1) is 6.92 Å². The normalized spacial score (nSPS) is 11.7. The summed E-state index contributed by atoms with van der Waals surface area (Å²) in [5.74, 6) is 0. The van der Waals surface area contributed by atoms with E-state index in [0.717, 1.165) is 5.56 Å². The Hall–Kier alpha value is -0.990. The van der Waals surface area contributed by atoms with Gasteiger partial charge in [0.25, 0.3) is 10.1 Å². The van der Waals surface area contributed by atoms with Gasteiger partial charge in [0.05, 0.1) is 37.9 Å². The molecule has 0 radical (unpaired) electrons. The molecular weight excluding hydrogens is 282 g/mol. The van der Waals surface area contributed by atoms with Crippen LogP contribution in [0.4, 0.5) is 0 Å². The molecule has 114 valence electrons. The topological polar surface area (TPSA) is 87.9 Å². The van der Waals surface area contributed by atoms with E-state index in [-0.39, 0.29) is 18.1 Å². The number of aryl methyl sites for hydroxylation is 1. The van der Waals surface area contributed by atoms with E-state index in [1.807, 2.05) is 6.92 Å². The van der Waals surface area contributed by atoms with Crippen molar-refractivity contribution in [2.45, 2.75) is 11.8 Å². The van der Waals surface area contributed by atoms with Crippen molar-refractivity contribution in [2.24, 2.45) is 5.73 Å². The van der Waals surface area contributed by atoms with Crippen molar-refractivity contribution in [1.29, 1.82) is 0 Å². The predicted molar refractivity (Wildman–Crippen MR) is 75.0 cm³/mol. The summed E-state index contributed by atoms with van der Waals surface area (Å²) >= 11 is 0. The van der Waals surface area contributed by atoms with Gasteiger partial charge in [0.1, 0.15) is 0 Å². The molecule has 0 aliphatic heterocycles. The van der Waals surface area contributed by atoms with Gasteiger partial charge in [-0.1, -0.05) is 17.7 Å². The molecule has 0 atom stereocenters. The molecule has 2 N–H and O–H groups in total. The summed E-state index contributed by atoms with van der Waals surface area (Å²) in [7, 11) is -3.71. The average Bonchev–Trinajstić information content (AvgIpc) is 2.42. The fourth-order valence-electron chi connectivity index (χ4n) is 1.38. The quantitative estimate of drug-likeness (QED) is 0.505. The Morgan fingerprint density at radius 2 is 1.50 bits per heavy atom. The zero-order chi connectivity index (χ0) is 14.8. The largest absolute Gasteiger partial charge is 0.378 e. The number of hydrogen-bond donors (Lipinski definition) is 1. The van der Waals surface area contributed by atoms with E-state index < -0.39 is 10.1 Å². The molecule has 1 aromatic rings. The standard InChI is InChI=1S/C13H21NO5S/c1-12-2-4-13(5-3-12)20(15,16)19-11-10-18-9-8-17-7-6-14/h2-5H,6-11,14H2,1H3. The second-order valence-corrected chi connectivity index (χ2v) is 5.72. The molecule has 0 bridgehead atoms. The molecule has 0 unspecified atom stereocenters. The molecule has 0 heterocycles. The summed E-state index contributed by atoms with van der Waals surface area (Å²) in [4.78, 5) is 0.148. The van der Waals surface area contributed by atoms with Gasteiger partial charge in [-0.05, 0) is 19.1 Å². The van der Waals surface area contributed by atoms with Gasteiger partial charge in [-0.3, -0.25) is 4.18 Å². The van der Waals surface area contributed by atoms with Crippen molar-refractivity contribution in [3.05, 3.63) is 29.8 Å². The minimum absolute atomic E-state index is 0.0207. The Balaban J connectivity index is 2.22. The van der Waals surface area contributed by atoms with Gasteiger partial charge in [-0.2, -0.15) is 8.42 Å². The van der Waals surface area contributed by atoms with Gasteiger partial charge < -0.3 is 15.2 Å². The van der Waals surface area contributed by atoms with E-state index in [1.54, 1.807) is 12.1 Å². The van der Waals surface area contributed by atoms with Crippen LogP contribution in [0.2, 0.25) is 0 Å². The zero-order valence-corrected chi connectivity index (χ0v) is 12.4.